The van der Waals surface area contributed by atoms with Crippen LogP contribution in [0.25, 0.3) is 27.6 Å². The predicted octanol–water partition coefficient (Wildman–Crippen LogP) is 3.37. The number of hydrogen-bond donors (Lipinski definition) is 1. The van der Waals surface area contributed by atoms with Crippen LogP contribution in [-0.4, -0.2) is 25.2 Å². The largest absolute Gasteiger partial charge is 0.331 e. The molecule has 7 heteroatoms. The molecule has 1 N–H and O–H groups in total. The minimum Gasteiger partial charge on any atom is -0.331 e. The van der Waals surface area contributed by atoms with E-state index in [9.17, 15) is 9.59 Å². The third kappa shape index (κ3) is 3.12. The van der Waals surface area contributed by atoms with E-state index >= 15 is 0 Å². The predicted molar refractivity (Wildman–Crippen MR) is 116 cm³/mol. The summed E-state index contributed by atoms with van der Waals surface area (Å²) in [4.78, 5) is 30.0. The molecule has 0 fully saturated rings. The van der Waals surface area contributed by atoms with Gasteiger partial charge in [-0.3, -0.25) is 9.59 Å². The highest BCUT2D eigenvalue weighted by molar-refractivity contribution is 5.97. The summed E-state index contributed by atoms with van der Waals surface area (Å²) >= 11 is 0. The lowest BCUT2D eigenvalue weighted by Gasteiger charge is -2.15. The Bertz CT molecular complexity index is 1360. The van der Waals surface area contributed by atoms with E-state index < -0.39 is 0 Å². The fourth-order valence-electron chi connectivity index (χ4n) is 3.59. The van der Waals surface area contributed by atoms with Crippen LogP contribution in [0.1, 0.15) is 0 Å². The highest BCUT2D eigenvalue weighted by Crippen LogP contribution is 2.19. The molecule has 0 aliphatic rings. The maximum absolute atomic E-state index is 12.8. The number of amides is 1. The number of carbonyl (C=O) groups excluding carboxylic acids is 1. The van der Waals surface area contributed by atoms with Crippen molar-refractivity contribution in [2.75, 3.05) is 5.32 Å². The maximum atomic E-state index is 12.8. The molecule has 0 unspecified atom stereocenters. The van der Waals surface area contributed by atoms with E-state index in [1.807, 2.05) is 47.0 Å². The molecule has 2 aromatic carbocycles. The molecule has 0 saturated heterocycles. The van der Waals surface area contributed by atoms with Crippen molar-refractivity contribution in [1.29, 1.82) is 0 Å². The van der Waals surface area contributed by atoms with E-state index in [0.29, 0.717) is 22.3 Å². The summed E-state index contributed by atoms with van der Waals surface area (Å²) < 4.78 is 3.51. The number of nitrogens with one attached hydrogen (secondary N) is 1. The van der Waals surface area contributed by atoms with Crippen molar-refractivity contribution < 1.29 is 4.79 Å². The number of fused-ring (bicyclic) bond motifs is 2. The first-order valence-corrected chi connectivity index (χ1v) is 9.47. The number of pyridine rings is 2. The molecule has 146 valence electrons. The second-order valence-corrected chi connectivity index (χ2v) is 6.85. The third-order valence-electron chi connectivity index (χ3n) is 4.95. The molecule has 1 amide bonds. The van der Waals surface area contributed by atoms with Gasteiger partial charge in [-0.25, -0.2) is 9.67 Å². The van der Waals surface area contributed by atoms with Crippen molar-refractivity contribution in [3.8, 4) is 5.82 Å². The number of carbonyl (C=O) groups is 1. The Morgan fingerprint density at radius 2 is 1.60 bits per heavy atom. The van der Waals surface area contributed by atoms with Gasteiger partial charge < -0.3 is 9.88 Å². The van der Waals surface area contributed by atoms with Crippen LogP contribution < -0.4 is 10.7 Å². The van der Waals surface area contributed by atoms with Crippen molar-refractivity contribution >= 4 is 33.4 Å². The Labute approximate surface area is 171 Å². The molecule has 5 rings (SSSR count). The van der Waals surface area contributed by atoms with Gasteiger partial charge in [0.1, 0.15) is 6.54 Å². The standard InChI is InChI=1S/C23H17N5O2/c29-22(26-16-10-11-21(24-14-16)28-13-5-12-25-28)15-27-19-8-3-1-6-17(19)23(30)18-7-2-4-9-20(18)27/h1-14H,15H2,(H,26,29). The molecule has 0 saturated carbocycles. The number of benzene rings is 2. The van der Waals surface area contributed by atoms with Gasteiger partial charge >= 0.3 is 0 Å². The second-order valence-electron chi connectivity index (χ2n) is 6.85. The minimum absolute atomic E-state index is 0.0312. The van der Waals surface area contributed by atoms with Gasteiger partial charge in [0.15, 0.2) is 11.2 Å². The van der Waals surface area contributed by atoms with Crippen LogP contribution in [-0.2, 0) is 11.3 Å². The van der Waals surface area contributed by atoms with Crippen LogP contribution in [0.2, 0.25) is 0 Å². The summed E-state index contributed by atoms with van der Waals surface area (Å²) in [6.07, 6.45) is 5.07. The van der Waals surface area contributed by atoms with Crippen LogP contribution in [0.3, 0.4) is 0 Å². The fourth-order valence-corrected chi connectivity index (χ4v) is 3.59. The van der Waals surface area contributed by atoms with Crippen LogP contribution in [0.5, 0.6) is 0 Å². The zero-order chi connectivity index (χ0) is 20.5. The molecule has 30 heavy (non-hydrogen) atoms. The van der Waals surface area contributed by atoms with Crippen LogP contribution >= 0.6 is 0 Å². The lowest BCUT2D eigenvalue weighted by Crippen LogP contribution is -2.21. The van der Waals surface area contributed by atoms with Gasteiger partial charge in [0.25, 0.3) is 0 Å². The van der Waals surface area contributed by atoms with Crippen molar-refractivity contribution in [3.05, 3.63) is 95.5 Å². The minimum atomic E-state index is -0.206. The van der Waals surface area contributed by atoms with Gasteiger partial charge in [-0.1, -0.05) is 24.3 Å². The van der Waals surface area contributed by atoms with E-state index in [1.165, 1.54) is 0 Å². The SMILES string of the molecule is O=C(Cn1c2ccccc2c(=O)c2ccccc21)Nc1ccc(-n2cccn2)nc1. The highest BCUT2D eigenvalue weighted by atomic mass is 16.2. The Morgan fingerprint density at radius 3 is 2.20 bits per heavy atom. The van der Waals surface area contributed by atoms with Gasteiger partial charge in [-0.05, 0) is 42.5 Å². The van der Waals surface area contributed by atoms with Crippen LogP contribution in [0.15, 0.2) is 90.1 Å². The molecule has 0 aliphatic carbocycles. The first-order valence-electron chi connectivity index (χ1n) is 9.47. The number of anilines is 1. The number of aromatic nitrogens is 4. The van der Waals surface area contributed by atoms with E-state index in [4.69, 9.17) is 0 Å². The lowest BCUT2D eigenvalue weighted by molar-refractivity contribution is -0.116. The Kier molecular flexibility index (Phi) is 4.33. The summed E-state index contributed by atoms with van der Waals surface area (Å²) in [5.74, 6) is 0.456. The summed E-state index contributed by atoms with van der Waals surface area (Å²) in [6, 6.07) is 20.1. The van der Waals surface area contributed by atoms with Gasteiger partial charge in [0.05, 0.1) is 22.9 Å². The average molecular weight is 395 g/mol. The molecule has 3 heterocycles. The van der Waals surface area contributed by atoms with Crippen molar-refractivity contribution in [2.24, 2.45) is 0 Å². The highest BCUT2D eigenvalue weighted by Gasteiger charge is 2.13. The Hall–Kier alpha value is -4.26. The van der Waals surface area contributed by atoms with Crippen molar-refractivity contribution in [3.63, 3.8) is 0 Å². The van der Waals surface area contributed by atoms with Gasteiger partial charge in [-0.2, -0.15) is 5.10 Å². The van der Waals surface area contributed by atoms with Gasteiger partial charge in [0.2, 0.25) is 5.91 Å². The van der Waals surface area contributed by atoms with Crippen molar-refractivity contribution in [1.82, 2.24) is 19.3 Å². The first kappa shape index (κ1) is 17.8. The number of hydrogen-bond acceptors (Lipinski definition) is 4. The zero-order valence-corrected chi connectivity index (χ0v) is 15.9. The zero-order valence-electron chi connectivity index (χ0n) is 15.9. The second kappa shape index (κ2) is 7.29. The average Bonchev–Trinajstić information content (AvgIpc) is 3.32. The molecular weight excluding hydrogens is 378 g/mol. The lowest BCUT2D eigenvalue weighted by atomic mass is 10.1. The van der Waals surface area contributed by atoms with Crippen LogP contribution in [0.4, 0.5) is 5.69 Å². The summed E-state index contributed by atoms with van der Waals surface area (Å²) in [6.45, 7) is 0.0716. The summed E-state index contributed by atoms with van der Waals surface area (Å²) in [7, 11) is 0. The topological polar surface area (TPSA) is 81.8 Å². The number of nitrogens with zero attached hydrogens (tertiary/aromatic N) is 4. The van der Waals surface area contributed by atoms with E-state index in [1.54, 1.807) is 47.5 Å². The molecule has 0 atom stereocenters. The maximum Gasteiger partial charge on any atom is 0.244 e. The van der Waals surface area contributed by atoms with Crippen LogP contribution in [0, 0.1) is 0 Å². The molecule has 3 aromatic heterocycles. The van der Waals surface area contributed by atoms with E-state index in [2.05, 4.69) is 15.4 Å². The molecular formula is C23H17N5O2. The fraction of sp³-hybridized carbons (Fsp3) is 0.0435. The molecule has 0 aliphatic heterocycles. The summed E-state index contributed by atoms with van der Waals surface area (Å²) in [5, 5.41) is 8.20. The normalized spacial score (nSPS) is 11.1. The van der Waals surface area contributed by atoms with Gasteiger partial charge in [-0.15, -0.1) is 0 Å². The van der Waals surface area contributed by atoms with Gasteiger partial charge in [0, 0.05) is 23.2 Å². The molecule has 5 aromatic rings. The molecule has 0 bridgehead atoms. The Balaban J connectivity index is 1.47. The number of para-hydroxylation sites is 2. The summed E-state index contributed by atoms with van der Waals surface area (Å²) in [5.41, 5.74) is 2.01. The monoisotopic (exact) mass is 395 g/mol. The smallest absolute Gasteiger partial charge is 0.244 e. The first-order chi connectivity index (χ1) is 14.7. The van der Waals surface area contributed by atoms with E-state index in [0.717, 1.165) is 11.0 Å². The van der Waals surface area contributed by atoms with Crippen molar-refractivity contribution in [2.45, 2.75) is 6.54 Å². The third-order valence-corrected chi connectivity index (χ3v) is 4.95. The van der Waals surface area contributed by atoms with E-state index in [-0.39, 0.29) is 17.9 Å². The molecule has 0 radical (unpaired) electrons. The Morgan fingerprint density at radius 1 is 0.900 bits per heavy atom. The molecule has 7 nitrogen and oxygen atoms in total. The quantitative estimate of drug-likeness (QED) is 0.473. The molecule has 0 spiro atoms. The number of rotatable bonds is 4.